The Hall–Kier alpha value is -4.08. The van der Waals surface area contributed by atoms with Crippen molar-refractivity contribution in [3.8, 4) is 11.6 Å². The minimum absolute atomic E-state index is 0.102. The van der Waals surface area contributed by atoms with Crippen molar-refractivity contribution in [2.45, 2.75) is 0 Å². The van der Waals surface area contributed by atoms with Crippen LogP contribution in [0.25, 0.3) is 0 Å². The van der Waals surface area contributed by atoms with Crippen molar-refractivity contribution in [2.75, 3.05) is 20.8 Å². The molecule has 0 aliphatic heterocycles. The van der Waals surface area contributed by atoms with Gasteiger partial charge >= 0.3 is 0 Å². The summed E-state index contributed by atoms with van der Waals surface area (Å²) in [5, 5.41) is 14.0. The van der Waals surface area contributed by atoms with Crippen molar-refractivity contribution >= 4 is 17.9 Å². The second-order valence-electron chi connectivity index (χ2n) is 5.95. The molecule has 30 heavy (non-hydrogen) atoms. The molecule has 154 valence electrons. The van der Waals surface area contributed by atoms with Gasteiger partial charge in [-0.3, -0.25) is 9.59 Å². The van der Waals surface area contributed by atoms with Crippen LogP contribution in [0.15, 0.2) is 53.6 Å². The highest BCUT2D eigenvalue weighted by Gasteiger charge is 2.22. The molecular formula is C20H18FN5O4. The van der Waals surface area contributed by atoms with Crippen LogP contribution in [0.3, 0.4) is 0 Å². The average molecular weight is 411 g/mol. The van der Waals surface area contributed by atoms with E-state index >= 15 is 0 Å². The predicted molar refractivity (Wildman–Crippen MR) is 106 cm³/mol. The number of ether oxygens (including phenoxy) is 2. The summed E-state index contributed by atoms with van der Waals surface area (Å²) in [6, 6.07) is 12.1. The lowest BCUT2D eigenvalue weighted by atomic mass is 10.1. The first-order chi connectivity index (χ1) is 14.5. The summed E-state index contributed by atoms with van der Waals surface area (Å²) in [5.74, 6) is -0.738. The lowest BCUT2D eigenvalue weighted by Crippen LogP contribution is -2.21. The first kappa shape index (κ1) is 20.6. The Morgan fingerprint density at radius 2 is 1.87 bits per heavy atom. The van der Waals surface area contributed by atoms with Crippen LogP contribution >= 0.6 is 0 Å². The van der Waals surface area contributed by atoms with Crippen LogP contribution in [0.2, 0.25) is 0 Å². The van der Waals surface area contributed by atoms with Gasteiger partial charge in [0.05, 0.1) is 13.3 Å². The molecule has 0 aliphatic rings. The molecule has 0 radical (unpaired) electrons. The number of ketones is 1. The van der Waals surface area contributed by atoms with Crippen molar-refractivity contribution < 1.29 is 23.5 Å². The van der Waals surface area contributed by atoms with E-state index in [4.69, 9.17) is 9.47 Å². The maximum atomic E-state index is 13.0. The number of hydrogen-bond acceptors (Lipinski definition) is 7. The van der Waals surface area contributed by atoms with Gasteiger partial charge in [0, 0.05) is 12.6 Å². The Balaban J connectivity index is 1.80. The molecule has 0 unspecified atom stereocenters. The first-order valence-electron chi connectivity index (χ1n) is 8.79. The van der Waals surface area contributed by atoms with Gasteiger partial charge < -0.3 is 14.8 Å². The standard InChI is InChI=1S/C20H18FN5O4/c1-22-19(28)18-20(30-12-17(27)14-5-9-16(29-2)10-6-14)26(25-24-18)23-11-13-3-7-15(21)8-4-13/h3-11H,12H2,1-2H3,(H,22,28)/b23-11-. The number of halogens is 1. The zero-order valence-electron chi connectivity index (χ0n) is 16.2. The molecule has 0 bridgehead atoms. The fraction of sp³-hybridized carbons (Fsp3) is 0.150. The maximum Gasteiger partial charge on any atom is 0.277 e. The van der Waals surface area contributed by atoms with Gasteiger partial charge in [-0.2, -0.15) is 5.10 Å². The fourth-order valence-corrected chi connectivity index (χ4v) is 2.39. The topological polar surface area (TPSA) is 108 Å². The van der Waals surface area contributed by atoms with E-state index in [-0.39, 0.29) is 29.8 Å². The quantitative estimate of drug-likeness (QED) is 0.448. The Labute approximate surface area is 171 Å². The van der Waals surface area contributed by atoms with E-state index in [1.807, 2.05) is 0 Å². The summed E-state index contributed by atoms with van der Waals surface area (Å²) in [6.45, 7) is -0.365. The number of nitrogens with zero attached hydrogens (tertiary/aromatic N) is 4. The molecule has 0 atom stereocenters. The molecule has 0 aliphatic carbocycles. The van der Waals surface area contributed by atoms with Crippen molar-refractivity contribution in [2.24, 2.45) is 5.10 Å². The summed E-state index contributed by atoms with van der Waals surface area (Å²) in [4.78, 5) is 25.4. The number of hydrogen-bond donors (Lipinski definition) is 1. The summed E-state index contributed by atoms with van der Waals surface area (Å²) >= 11 is 0. The van der Waals surface area contributed by atoms with E-state index in [1.165, 1.54) is 44.6 Å². The molecule has 3 rings (SSSR count). The van der Waals surface area contributed by atoms with Crippen LogP contribution in [0, 0.1) is 5.82 Å². The lowest BCUT2D eigenvalue weighted by Gasteiger charge is -2.07. The average Bonchev–Trinajstić information content (AvgIpc) is 3.19. The number of Topliss-reactive ketones (excluding diaryl/α,β-unsaturated/α-hetero) is 1. The molecule has 1 heterocycles. The number of nitrogens with one attached hydrogen (secondary N) is 1. The largest absolute Gasteiger partial charge is 0.497 e. The van der Waals surface area contributed by atoms with Crippen molar-refractivity contribution in [3.63, 3.8) is 0 Å². The van der Waals surface area contributed by atoms with Crippen molar-refractivity contribution in [1.29, 1.82) is 0 Å². The van der Waals surface area contributed by atoms with Crippen LogP contribution in [0.4, 0.5) is 4.39 Å². The molecule has 1 aromatic heterocycles. The van der Waals surface area contributed by atoms with E-state index in [0.29, 0.717) is 16.9 Å². The third-order valence-electron chi connectivity index (χ3n) is 3.99. The van der Waals surface area contributed by atoms with E-state index in [9.17, 15) is 14.0 Å². The minimum atomic E-state index is -0.551. The molecule has 1 amide bonds. The van der Waals surface area contributed by atoms with Gasteiger partial charge in [-0.05, 0) is 47.2 Å². The number of carbonyl (C=O) groups excluding carboxylic acids is 2. The maximum absolute atomic E-state index is 13.0. The van der Waals surface area contributed by atoms with E-state index in [2.05, 4.69) is 20.7 Å². The molecule has 0 fully saturated rings. The molecule has 1 N–H and O–H groups in total. The van der Waals surface area contributed by atoms with Crippen LogP contribution in [0.1, 0.15) is 26.4 Å². The summed E-state index contributed by atoms with van der Waals surface area (Å²) in [6.07, 6.45) is 1.39. The Bertz CT molecular complexity index is 1060. The van der Waals surface area contributed by atoms with Gasteiger partial charge in [-0.15, -0.1) is 5.10 Å². The number of carbonyl (C=O) groups is 2. The summed E-state index contributed by atoms with van der Waals surface area (Å²) < 4.78 is 23.6. The van der Waals surface area contributed by atoms with Gasteiger partial charge in [-0.1, -0.05) is 16.9 Å². The highest BCUT2D eigenvalue weighted by Crippen LogP contribution is 2.17. The third kappa shape index (κ3) is 4.85. The SMILES string of the molecule is CNC(=O)c1nnn(/N=C\c2ccc(F)cc2)c1OCC(=O)c1ccc(OC)cc1. The number of benzene rings is 2. The Morgan fingerprint density at radius 3 is 2.50 bits per heavy atom. The van der Waals surface area contributed by atoms with Gasteiger partial charge in [-0.25, -0.2) is 4.39 Å². The highest BCUT2D eigenvalue weighted by molar-refractivity contribution is 5.98. The minimum Gasteiger partial charge on any atom is -0.497 e. The number of amides is 1. The van der Waals surface area contributed by atoms with E-state index in [1.54, 1.807) is 24.3 Å². The Kier molecular flexibility index (Phi) is 6.48. The van der Waals surface area contributed by atoms with E-state index in [0.717, 1.165) is 4.79 Å². The highest BCUT2D eigenvalue weighted by atomic mass is 19.1. The molecular weight excluding hydrogens is 393 g/mol. The molecule has 0 saturated carbocycles. The van der Waals surface area contributed by atoms with Crippen LogP contribution in [-0.2, 0) is 0 Å². The van der Waals surface area contributed by atoms with Crippen LogP contribution in [0.5, 0.6) is 11.6 Å². The first-order valence-corrected chi connectivity index (χ1v) is 8.79. The molecule has 9 nitrogen and oxygen atoms in total. The normalized spacial score (nSPS) is 10.8. The molecule has 3 aromatic rings. The van der Waals surface area contributed by atoms with Gasteiger partial charge in [0.15, 0.2) is 12.4 Å². The second-order valence-corrected chi connectivity index (χ2v) is 5.95. The van der Waals surface area contributed by atoms with Gasteiger partial charge in [0.2, 0.25) is 5.69 Å². The van der Waals surface area contributed by atoms with E-state index < -0.39 is 5.91 Å². The van der Waals surface area contributed by atoms with Crippen molar-refractivity contribution in [1.82, 2.24) is 20.4 Å². The summed E-state index contributed by atoms with van der Waals surface area (Å²) in [5.41, 5.74) is 0.871. The lowest BCUT2D eigenvalue weighted by molar-refractivity contribution is 0.0898. The molecule has 0 spiro atoms. The zero-order chi connectivity index (χ0) is 21.5. The number of methoxy groups -OCH3 is 1. The zero-order valence-corrected chi connectivity index (χ0v) is 16.2. The molecule has 2 aromatic carbocycles. The number of rotatable bonds is 8. The fourth-order valence-electron chi connectivity index (χ4n) is 2.39. The monoisotopic (exact) mass is 411 g/mol. The predicted octanol–water partition coefficient (Wildman–Crippen LogP) is 1.93. The third-order valence-corrected chi connectivity index (χ3v) is 3.99. The second kappa shape index (κ2) is 9.41. The smallest absolute Gasteiger partial charge is 0.277 e. The molecule has 10 heteroatoms. The summed E-state index contributed by atoms with van der Waals surface area (Å²) in [7, 11) is 2.95. The van der Waals surface area contributed by atoms with Crippen LogP contribution < -0.4 is 14.8 Å². The van der Waals surface area contributed by atoms with Crippen LogP contribution in [-0.4, -0.2) is 53.8 Å². The Morgan fingerprint density at radius 1 is 1.17 bits per heavy atom. The number of aromatic nitrogens is 3. The van der Waals surface area contributed by atoms with Gasteiger partial charge in [0.1, 0.15) is 11.6 Å². The molecule has 0 saturated heterocycles. The van der Waals surface area contributed by atoms with Crippen molar-refractivity contribution in [3.05, 3.63) is 71.2 Å². The van der Waals surface area contributed by atoms with Gasteiger partial charge in [0.25, 0.3) is 11.8 Å².